The van der Waals surface area contributed by atoms with Crippen molar-refractivity contribution in [3.05, 3.63) is 53.5 Å². The molecule has 0 bridgehead atoms. The smallest absolute Gasteiger partial charge is 0.327 e. The van der Waals surface area contributed by atoms with Crippen LogP contribution >= 0.6 is 0 Å². The van der Waals surface area contributed by atoms with Gasteiger partial charge in [0.25, 0.3) is 0 Å². The number of nitrogens with zero attached hydrogens (tertiary/aromatic N) is 1. The Hall–Kier alpha value is -2.43. The van der Waals surface area contributed by atoms with Crippen molar-refractivity contribution in [1.29, 1.82) is 0 Å². The molecule has 16 heavy (non-hydrogen) atoms. The number of hydrogen-bond acceptors (Lipinski definition) is 3. The van der Waals surface area contributed by atoms with Crippen LogP contribution in [0.15, 0.2) is 47.9 Å². The summed E-state index contributed by atoms with van der Waals surface area (Å²) in [6.45, 7) is 2.96. The molecule has 2 aromatic heterocycles. The lowest BCUT2D eigenvalue weighted by Crippen LogP contribution is -2.02. The summed E-state index contributed by atoms with van der Waals surface area (Å²) in [5.74, 6) is -0.981. The van der Waals surface area contributed by atoms with Gasteiger partial charge in [-0.1, -0.05) is 6.58 Å². The van der Waals surface area contributed by atoms with Crippen molar-refractivity contribution in [3.63, 3.8) is 0 Å². The van der Waals surface area contributed by atoms with E-state index in [9.17, 15) is 9.59 Å². The number of aromatic nitrogens is 2. The van der Waals surface area contributed by atoms with Crippen LogP contribution in [0.2, 0.25) is 0 Å². The Morgan fingerprint density at radius 3 is 2.75 bits per heavy atom. The zero-order valence-corrected chi connectivity index (χ0v) is 8.38. The number of aliphatic carboxylic acids is 1. The maximum atomic E-state index is 10.8. The van der Waals surface area contributed by atoms with Crippen LogP contribution in [0, 0.1) is 0 Å². The molecule has 2 N–H and O–H groups in total. The number of hydrogen-bond donors (Lipinski definition) is 2. The highest BCUT2D eigenvalue weighted by atomic mass is 16.4. The molecule has 0 aromatic carbocycles. The minimum absolute atomic E-state index is 0.115. The van der Waals surface area contributed by atoms with Crippen molar-refractivity contribution in [2.75, 3.05) is 0 Å². The molecule has 2 heterocycles. The van der Waals surface area contributed by atoms with E-state index >= 15 is 0 Å². The van der Waals surface area contributed by atoms with E-state index in [2.05, 4.69) is 16.5 Å². The molecular weight excluding hydrogens is 208 g/mol. The largest absolute Gasteiger partial charge is 0.478 e. The maximum Gasteiger partial charge on any atom is 0.327 e. The number of carbonyl (C=O) groups is 1. The van der Waals surface area contributed by atoms with Crippen molar-refractivity contribution in [2.45, 2.75) is 0 Å². The molecule has 0 aliphatic rings. The number of aromatic amines is 1. The number of rotatable bonds is 1. The normalized spacial score (nSPS) is 9.00. The monoisotopic (exact) mass is 218 g/mol. The molecular formula is C11H10N2O3. The van der Waals surface area contributed by atoms with Crippen LogP contribution in [0.25, 0.3) is 11.0 Å². The lowest BCUT2D eigenvalue weighted by atomic mass is 10.3. The van der Waals surface area contributed by atoms with E-state index in [-0.39, 0.29) is 5.56 Å². The molecule has 82 valence electrons. The van der Waals surface area contributed by atoms with Gasteiger partial charge in [0.2, 0.25) is 5.56 Å². The van der Waals surface area contributed by atoms with Crippen LogP contribution < -0.4 is 5.56 Å². The summed E-state index contributed by atoms with van der Waals surface area (Å²) in [7, 11) is 0. The fourth-order valence-electron chi connectivity index (χ4n) is 0.981. The van der Waals surface area contributed by atoms with E-state index in [1.807, 2.05) is 12.1 Å². The summed E-state index contributed by atoms with van der Waals surface area (Å²) in [5.41, 5.74) is 0.524. The molecule has 5 nitrogen and oxygen atoms in total. The average Bonchev–Trinajstić information content (AvgIpc) is 2.29. The number of H-pyrrole nitrogens is 1. The lowest BCUT2D eigenvalue weighted by Gasteiger charge is -1.92. The Labute approximate surface area is 91.1 Å². The molecule has 0 amide bonds. The molecule has 0 atom stereocenters. The average molecular weight is 218 g/mol. The predicted octanol–water partition coefficient (Wildman–Crippen LogP) is 1.18. The molecule has 2 rings (SSSR count). The van der Waals surface area contributed by atoms with E-state index in [0.717, 1.165) is 11.5 Å². The van der Waals surface area contributed by atoms with E-state index in [1.54, 1.807) is 12.3 Å². The molecule has 0 saturated carbocycles. The van der Waals surface area contributed by atoms with Gasteiger partial charge in [-0.3, -0.25) is 4.79 Å². The Bertz CT molecular complexity index is 560. The Balaban J connectivity index is 0.000000221. The van der Waals surface area contributed by atoms with Gasteiger partial charge in [0.15, 0.2) is 0 Å². The van der Waals surface area contributed by atoms with Gasteiger partial charge in [-0.05, 0) is 18.2 Å². The Morgan fingerprint density at radius 1 is 1.44 bits per heavy atom. The summed E-state index contributed by atoms with van der Waals surface area (Å²) in [6.07, 6.45) is 2.48. The number of carboxylic acid groups (broad SMARTS) is 1. The fraction of sp³-hybridized carbons (Fsp3) is 0. The van der Waals surface area contributed by atoms with Gasteiger partial charge in [-0.2, -0.15) is 0 Å². The number of pyridine rings is 2. The molecule has 0 fully saturated rings. The van der Waals surface area contributed by atoms with Gasteiger partial charge in [-0.15, -0.1) is 0 Å². The van der Waals surface area contributed by atoms with E-state index in [4.69, 9.17) is 5.11 Å². The van der Waals surface area contributed by atoms with Crippen LogP contribution in [0.3, 0.4) is 0 Å². The fourth-order valence-corrected chi connectivity index (χ4v) is 0.981. The van der Waals surface area contributed by atoms with Gasteiger partial charge in [0, 0.05) is 23.7 Å². The third kappa shape index (κ3) is 3.38. The topological polar surface area (TPSA) is 83.0 Å². The van der Waals surface area contributed by atoms with Crippen molar-refractivity contribution in [2.24, 2.45) is 0 Å². The quantitative estimate of drug-likeness (QED) is 0.704. The van der Waals surface area contributed by atoms with Crippen LogP contribution in [0.4, 0.5) is 0 Å². The number of nitrogens with one attached hydrogen (secondary N) is 1. The second-order valence-electron chi connectivity index (χ2n) is 2.81. The molecule has 0 aliphatic heterocycles. The first-order valence-corrected chi connectivity index (χ1v) is 4.43. The summed E-state index contributed by atoms with van der Waals surface area (Å²) < 4.78 is 0. The highest BCUT2D eigenvalue weighted by Gasteiger charge is 1.90. The van der Waals surface area contributed by atoms with E-state index < -0.39 is 5.97 Å². The van der Waals surface area contributed by atoms with Gasteiger partial charge < -0.3 is 10.1 Å². The van der Waals surface area contributed by atoms with Crippen molar-refractivity contribution < 1.29 is 9.90 Å². The van der Waals surface area contributed by atoms with Crippen molar-refractivity contribution in [3.8, 4) is 0 Å². The third-order valence-corrected chi connectivity index (χ3v) is 1.67. The van der Waals surface area contributed by atoms with Gasteiger partial charge >= 0.3 is 5.97 Å². The first-order chi connectivity index (χ1) is 7.63. The maximum absolute atomic E-state index is 10.8. The molecule has 0 radical (unpaired) electrons. The molecule has 0 saturated heterocycles. The van der Waals surface area contributed by atoms with Crippen LogP contribution in [-0.4, -0.2) is 21.0 Å². The Kier molecular flexibility index (Phi) is 3.97. The van der Waals surface area contributed by atoms with E-state index in [1.165, 1.54) is 6.07 Å². The first-order valence-electron chi connectivity index (χ1n) is 4.43. The highest BCUT2D eigenvalue weighted by molar-refractivity contribution is 5.78. The summed E-state index contributed by atoms with van der Waals surface area (Å²) in [4.78, 5) is 26.6. The molecule has 0 spiro atoms. The molecule has 0 aliphatic carbocycles. The summed E-state index contributed by atoms with van der Waals surface area (Å²) in [5, 5.41) is 8.56. The number of fused-ring (bicyclic) bond motifs is 1. The summed E-state index contributed by atoms with van der Waals surface area (Å²) in [6, 6.07) is 6.98. The van der Waals surface area contributed by atoms with Crippen LogP contribution in [-0.2, 0) is 4.79 Å². The minimum Gasteiger partial charge on any atom is -0.478 e. The second kappa shape index (κ2) is 5.45. The molecule has 0 unspecified atom stereocenters. The standard InChI is InChI=1S/C8H6N2O.C3H4O2/c11-7-4-3-6-2-1-5-9-8(6)10-7;1-2-3(4)5/h1-5H,(H,9,10,11);2H,1H2,(H,4,5). The van der Waals surface area contributed by atoms with Crippen molar-refractivity contribution in [1.82, 2.24) is 9.97 Å². The zero-order valence-electron chi connectivity index (χ0n) is 8.38. The first kappa shape index (κ1) is 11.6. The van der Waals surface area contributed by atoms with Crippen LogP contribution in [0.5, 0.6) is 0 Å². The Morgan fingerprint density at radius 2 is 2.12 bits per heavy atom. The van der Waals surface area contributed by atoms with Crippen molar-refractivity contribution >= 4 is 17.0 Å². The molecule has 2 aromatic rings. The zero-order chi connectivity index (χ0) is 12.0. The highest BCUT2D eigenvalue weighted by Crippen LogP contribution is 2.02. The van der Waals surface area contributed by atoms with Crippen LogP contribution in [0.1, 0.15) is 0 Å². The summed E-state index contributed by atoms with van der Waals surface area (Å²) >= 11 is 0. The molecule has 5 heteroatoms. The lowest BCUT2D eigenvalue weighted by molar-refractivity contribution is -0.131. The number of carboxylic acids is 1. The van der Waals surface area contributed by atoms with Gasteiger partial charge in [-0.25, -0.2) is 9.78 Å². The SMILES string of the molecule is C=CC(=O)O.O=c1ccc2cccnc2[nH]1. The second-order valence-corrected chi connectivity index (χ2v) is 2.81. The minimum atomic E-state index is -0.981. The third-order valence-electron chi connectivity index (χ3n) is 1.67. The van der Waals surface area contributed by atoms with Gasteiger partial charge in [0.05, 0.1) is 0 Å². The van der Waals surface area contributed by atoms with E-state index in [0.29, 0.717) is 5.65 Å². The predicted molar refractivity (Wildman–Crippen MR) is 60.2 cm³/mol. The van der Waals surface area contributed by atoms with Gasteiger partial charge in [0.1, 0.15) is 5.65 Å².